The van der Waals surface area contributed by atoms with Crippen molar-refractivity contribution in [3.05, 3.63) is 29.8 Å². The lowest BCUT2D eigenvalue weighted by molar-refractivity contribution is -0.152. The van der Waals surface area contributed by atoms with Gasteiger partial charge in [-0.1, -0.05) is 0 Å². The van der Waals surface area contributed by atoms with Crippen molar-refractivity contribution in [1.82, 2.24) is 10.0 Å². The van der Waals surface area contributed by atoms with Crippen molar-refractivity contribution >= 4 is 27.7 Å². The van der Waals surface area contributed by atoms with Crippen molar-refractivity contribution < 1.29 is 27.5 Å². The van der Waals surface area contributed by atoms with Crippen LogP contribution in [0.2, 0.25) is 0 Å². The van der Waals surface area contributed by atoms with Crippen LogP contribution in [0.15, 0.2) is 24.3 Å². The van der Waals surface area contributed by atoms with Crippen LogP contribution in [0.5, 0.6) is 11.5 Å². The molecule has 1 aliphatic rings. The van der Waals surface area contributed by atoms with Crippen LogP contribution in [0, 0.1) is 0 Å². The van der Waals surface area contributed by atoms with E-state index in [4.69, 9.17) is 9.47 Å². The number of carbonyl (C=O) groups excluding carboxylic acids is 2. The van der Waals surface area contributed by atoms with Crippen molar-refractivity contribution in [3.8, 4) is 11.5 Å². The number of hydrogen-bond donors (Lipinski definition) is 0. The zero-order chi connectivity index (χ0) is 19.3. The fraction of sp³-hybridized carbons (Fsp3) is 0.412. The minimum Gasteiger partial charge on any atom is -0.497 e. The minimum absolute atomic E-state index is 0.316. The van der Waals surface area contributed by atoms with Crippen LogP contribution in [-0.2, 0) is 19.4 Å². The molecular weight excluding hydrogens is 360 g/mol. The first-order valence-electron chi connectivity index (χ1n) is 7.95. The van der Waals surface area contributed by atoms with Crippen LogP contribution in [0.3, 0.4) is 0 Å². The molecule has 2 amide bonds. The highest BCUT2D eigenvalue weighted by Gasteiger charge is 2.30. The first-order valence-corrected chi connectivity index (χ1v) is 10.0. The molecule has 0 aromatic heterocycles. The van der Waals surface area contributed by atoms with E-state index in [0.29, 0.717) is 36.6 Å². The van der Waals surface area contributed by atoms with Gasteiger partial charge in [-0.3, -0.25) is 14.6 Å². The summed E-state index contributed by atoms with van der Waals surface area (Å²) >= 11 is 0. The predicted octanol–water partition coefficient (Wildman–Crippen LogP) is 0.738. The number of amides is 2. The first-order chi connectivity index (χ1) is 12.2. The lowest BCUT2D eigenvalue weighted by atomic mass is 10.1. The fourth-order valence-corrected chi connectivity index (χ4v) is 3.21. The standard InChI is InChI=1S/C17H22N2O6S/c1-24-14-6-7-15(25-2)13(11-14)5-8-16(20)18-9-4-10-19(18)17(21)12-26(3,22)23/h5-8,11H,4,9-10,12H2,1-3H3. The fourth-order valence-electron chi connectivity index (χ4n) is 2.62. The van der Waals surface area contributed by atoms with E-state index in [1.807, 2.05) is 0 Å². The Morgan fingerprint density at radius 3 is 2.46 bits per heavy atom. The summed E-state index contributed by atoms with van der Waals surface area (Å²) in [5, 5.41) is 2.45. The number of ether oxygens (including phenoxy) is 2. The van der Waals surface area contributed by atoms with E-state index in [1.165, 1.54) is 30.3 Å². The second-order valence-corrected chi connectivity index (χ2v) is 7.98. The van der Waals surface area contributed by atoms with Gasteiger partial charge in [0.2, 0.25) is 0 Å². The van der Waals surface area contributed by atoms with Crippen molar-refractivity contribution in [2.24, 2.45) is 0 Å². The molecule has 0 aliphatic carbocycles. The molecule has 1 heterocycles. The zero-order valence-electron chi connectivity index (χ0n) is 15.0. The van der Waals surface area contributed by atoms with Gasteiger partial charge in [-0.05, 0) is 30.7 Å². The highest BCUT2D eigenvalue weighted by atomic mass is 32.2. The highest BCUT2D eigenvalue weighted by molar-refractivity contribution is 7.91. The molecule has 142 valence electrons. The molecule has 0 saturated carbocycles. The van der Waals surface area contributed by atoms with Gasteiger partial charge in [0, 0.05) is 31.0 Å². The average Bonchev–Trinajstić information content (AvgIpc) is 3.07. The maximum absolute atomic E-state index is 12.5. The van der Waals surface area contributed by atoms with Crippen LogP contribution in [0.4, 0.5) is 0 Å². The number of methoxy groups -OCH3 is 2. The van der Waals surface area contributed by atoms with Gasteiger partial charge in [0.1, 0.15) is 17.3 Å². The number of nitrogens with zero attached hydrogens (tertiary/aromatic N) is 2. The average molecular weight is 382 g/mol. The third-order valence-electron chi connectivity index (χ3n) is 3.80. The van der Waals surface area contributed by atoms with Crippen molar-refractivity contribution in [1.29, 1.82) is 0 Å². The van der Waals surface area contributed by atoms with Gasteiger partial charge in [-0.15, -0.1) is 0 Å². The van der Waals surface area contributed by atoms with Crippen molar-refractivity contribution in [3.63, 3.8) is 0 Å². The van der Waals surface area contributed by atoms with Gasteiger partial charge >= 0.3 is 0 Å². The van der Waals surface area contributed by atoms with Crippen LogP contribution >= 0.6 is 0 Å². The molecular formula is C17H22N2O6S. The number of hydrazine groups is 1. The minimum atomic E-state index is -3.46. The smallest absolute Gasteiger partial charge is 0.265 e. The van der Waals surface area contributed by atoms with Gasteiger partial charge in [-0.25, -0.2) is 13.4 Å². The van der Waals surface area contributed by atoms with Crippen LogP contribution in [0.1, 0.15) is 12.0 Å². The monoisotopic (exact) mass is 382 g/mol. The van der Waals surface area contributed by atoms with Gasteiger partial charge in [0.05, 0.1) is 14.2 Å². The summed E-state index contributed by atoms with van der Waals surface area (Å²) in [6, 6.07) is 5.18. The van der Waals surface area contributed by atoms with Gasteiger partial charge in [0.15, 0.2) is 9.84 Å². The molecule has 1 fully saturated rings. The van der Waals surface area contributed by atoms with Crippen LogP contribution in [-0.4, -0.2) is 69.6 Å². The highest BCUT2D eigenvalue weighted by Crippen LogP contribution is 2.25. The maximum Gasteiger partial charge on any atom is 0.265 e. The summed E-state index contributed by atoms with van der Waals surface area (Å²) < 4.78 is 33.1. The maximum atomic E-state index is 12.5. The molecule has 1 aliphatic heterocycles. The molecule has 0 bridgehead atoms. The zero-order valence-corrected chi connectivity index (χ0v) is 15.8. The Bertz CT molecular complexity index is 819. The molecule has 0 radical (unpaired) electrons. The van der Waals surface area contributed by atoms with Gasteiger partial charge in [-0.2, -0.15) is 0 Å². The third-order valence-corrected chi connectivity index (χ3v) is 4.57. The second-order valence-electron chi connectivity index (χ2n) is 5.84. The molecule has 0 spiro atoms. The van der Waals surface area contributed by atoms with E-state index in [-0.39, 0.29) is 0 Å². The second kappa shape index (κ2) is 8.22. The quantitative estimate of drug-likeness (QED) is 0.674. The molecule has 1 aromatic rings. The Kier molecular flexibility index (Phi) is 6.25. The van der Waals surface area contributed by atoms with Gasteiger partial charge < -0.3 is 9.47 Å². The topological polar surface area (TPSA) is 93.2 Å². The Morgan fingerprint density at radius 1 is 1.15 bits per heavy atom. The molecule has 9 heteroatoms. The number of benzene rings is 1. The molecule has 0 N–H and O–H groups in total. The summed E-state index contributed by atoms with van der Waals surface area (Å²) in [5.74, 6) is -0.449. The molecule has 1 aromatic carbocycles. The van der Waals surface area contributed by atoms with Crippen molar-refractivity contribution in [2.75, 3.05) is 39.3 Å². The van der Waals surface area contributed by atoms with Crippen LogP contribution in [0.25, 0.3) is 6.08 Å². The molecule has 8 nitrogen and oxygen atoms in total. The third kappa shape index (κ3) is 4.98. The first kappa shape index (κ1) is 19.8. The van der Waals surface area contributed by atoms with E-state index in [9.17, 15) is 18.0 Å². The molecule has 0 atom stereocenters. The number of sulfone groups is 1. The van der Waals surface area contributed by atoms with E-state index in [2.05, 4.69) is 0 Å². The Hall–Kier alpha value is -2.55. The lowest BCUT2D eigenvalue weighted by Crippen LogP contribution is -2.46. The molecule has 0 unspecified atom stereocenters. The van der Waals surface area contributed by atoms with E-state index >= 15 is 0 Å². The van der Waals surface area contributed by atoms with E-state index < -0.39 is 27.4 Å². The summed E-state index contributed by atoms with van der Waals surface area (Å²) in [5.41, 5.74) is 0.647. The molecule has 26 heavy (non-hydrogen) atoms. The number of hydrogen-bond acceptors (Lipinski definition) is 6. The largest absolute Gasteiger partial charge is 0.497 e. The number of rotatable bonds is 6. The van der Waals surface area contributed by atoms with Gasteiger partial charge in [0.25, 0.3) is 11.8 Å². The molecule has 1 saturated heterocycles. The van der Waals surface area contributed by atoms with E-state index in [0.717, 1.165) is 6.26 Å². The summed E-state index contributed by atoms with van der Waals surface area (Å²) in [6.45, 7) is 0.671. The predicted molar refractivity (Wildman–Crippen MR) is 96.3 cm³/mol. The lowest BCUT2D eigenvalue weighted by Gasteiger charge is -2.26. The Labute approximate surface area is 152 Å². The number of carbonyl (C=O) groups is 2. The summed E-state index contributed by atoms with van der Waals surface area (Å²) in [7, 11) is -0.401. The molecule has 2 rings (SSSR count). The summed E-state index contributed by atoms with van der Waals surface area (Å²) in [4.78, 5) is 24.6. The van der Waals surface area contributed by atoms with Crippen molar-refractivity contribution in [2.45, 2.75) is 6.42 Å². The Balaban J connectivity index is 2.16. The SMILES string of the molecule is COc1ccc(OC)c(C=CC(=O)N2CCCN2C(=O)CS(C)(=O)=O)c1. The van der Waals surface area contributed by atoms with Crippen LogP contribution < -0.4 is 9.47 Å². The summed E-state index contributed by atoms with van der Waals surface area (Å²) in [6.07, 6.45) is 4.48. The normalized spacial score (nSPS) is 14.7. The van der Waals surface area contributed by atoms with E-state index in [1.54, 1.807) is 24.3 Å². The Morgan fingerprint density at radius 2 is 1.85 bits per heavy atom.